The molecule has 1 aliphatic heterocycles. The smallest absolute Gasteiger partial charge is 0.276 e. The minimum atomic E-state index is -0.111. The summed E-state index contributed by atoms with van der Waals surface area (Å²) in [6, 6.07) is 14.6. The number of rotatable bonds is 4. The zero-order valence-electron chi connectivity index (χ0n) is 14.1. The minimum absolute atomic E-state index is 0.111. The summed E-state index contributed by atoms with van der Waals surface area (Å²) in [6.45, 7) is 1.88. The SMILES string of the molecule is CN(C(=O)c1cn(Cc2cccc3ccccc23)nn1)C1CCOC1. The number of likely N-dealkylation sites (N-methyl/N-ethyl adjacent to an activating group) is 1. The molecule has 1 saturated heterocycles. The van der Waals surface area contributed by atoms with Gasteiger partial charge in [0.05, 0.1) is 25.4 Å². The summed E-state index contributed by atoms with van der Waals surface area (Å²) >= 11 is 0. The van der Waals surface area contributed by atoms with Gasteiger partial charge in [-0.3, -0.25) is 4.79 Å². The van der Waals surface area contributed by atoms with Gasteiger partial charge in [0.25, 0.3) is 5.91 Å². The van der Waals surface area contributed by atoms with Gasteiger partial charge < -0.3 is 9.64 Å². The predicted molar refractivity (Wildman–Crippen MR) is 94.4 cm³/mol. The van der Waals surface area contributed by atoms with Crippen LogP contribution in [0.2, 0.25) is 0 Å². The Hall–Kier alpha value is -2.73. The highest BCUT2D eigenvalue weighted by Crippen LogP contribution is 2.19. The number of hydrogen-bond acceptors (Lipinski definition) is 4. The molecule has 1 unspecified atom stereocenters. The highest BCUT2D eigenvalue weighted by molar-refractivity contribution is 5.92. The maximum Gasteiger partial charge on any atom is 0.276 e. The Labute approximate surface area is 146 Å². The fourth-order valence-electron chi connectivity index (χ4n) is 3.25. The average Bonchev–Trinajstić information content (AvgIpc) is 3.33. The minimum Gasteiger partial charge on any atom is -0.379 e. The van der Waals surface area contributed by atoms with Gasteiger partial charge in [-0.05, 0) is 22.8 Å². The van der Waals surface area contributed by atoms with E-state index in [-0.39, 0.29) is 11.9 Å². The second-order valence-electron chi connectivity index (χ2n) is 6.37. The number of carbonyl (C=O) groups excluding carboxylic acids is 1. The monoisotopic (exact) mass is 336 g/mol. The van der Waals surface area contributed by atoms with Gasteiger partial charge in [-0.15, -0.1) is 5.10 Å². The van der Waals surface area contributed by atoms with Crippen LogP contribution in [-0.2, 0) is 11.3 Å². The molecule has 4 rings (SSSR count). The summed E-state index contributed by atoms with van der Waals surface area (Å²) in [5.41, 5.74) is 1.52. The Morgan fingerprint density at radius 1 is 1.28 bits per heavy atom. The lowest BCUT2D eigenvalue weighted by atomic mass is 10.0. The van der Waals surface area contributed by atoms with Crippen LogP contribution in [-0.4, -0.2) is 52.1 Å². The third-order valence-electron chi connectivity index (χ3n) is 4.74. The molecule has 2 heterocycles. The summed E-state index contributed by atoms with van der Waals surface area (Å²) < 4.78 is 7.07. The molecule has 6 nitrogen and oxygen atoms in total. The molecule has 1 atom stereocenters. The molecule has 0 aliphatic carbocycles. The van der Waals surface area contributed by atoms with Gasteiger partial charge in [0.15, 0.2) is 5.69 Å². The quantitative estimate of drug-likeness (QED) is 0.734. The van der Waals surface area contributed by atoms with Crippen molar-refractivity contribution in [1.82, 2.24) is 19.9 Å². The second-order valence-corrected chi connectivity index (χ2v) is 6.37. The molecule has 25 heavy (non-hydrogen) atoms. The third-order valence-corrected chi connectivity index (χ3v) is 4.74. The molecule has 1 fully saturated rings. The van der Waals surface area contributed by atoms with E-state index in [1.165, 1.54) is 10.8 Å². The zero-order chi connectivity index (χ0) is 17.2. The Balaban J connectivity index is 1.54. The van der Waals surface area contributed by atoms with Gasteiger partial charge in [0.1, 0.15) is 0 Å². The average molecular weight is 336 g/mol. The Kier molecular flexibility index (Phi) is 4.19. The van der Waals surface area contributed by atoms with E-state index in [0.29, 0.717) is 25.5 Å². The lowest BCUT2D eigenvalue weighted by Gasteiger charge is -2.21. The molecule has 1 aliphatic rings. The molecule has 0 spiro atoms. The number of carbonyl (C=O) groups is 1. The first-order valence-electron chi connectivity index (χ1n) is 8.44. The number of ether oxygens (including phenoxy) is 1. The third kappa shape index (κ3) is 3.13. The Bertz CT molecular complexity index is 894. The maximum absolute atomic E-state index is 12.6. The van der Waals surface area contributed by atoms with Gasteiger partial charge >= 0.3 is 0 Å². The lowest BCUT2D eigenvalue weighted by molar-refractivity contribution is 0.0705. The van der Waals surface area contributed by atoms with Crippen molar-refractivity contribution < 1.29 is 9.53 Å². The van der Waals surface area contributed by atoms with Crippen LogP contribution in [0.25, 0.3) is 10.8 Å². The topological polar surface area (TPSA) is 60.2 Å². The first-order chi connectivity index (χ1) is 12.2. The summed E-state index contributed by atoms with van der Waals surface area (Å²) in [6.07, 6.45) is 2.59. The fourth-order valence-corrected chi connectivity index (χ4v) is 3.25. The Morgan fingerprint density at radius 2 is 2.12 bits per heavy atom. The highest BCUT2D eigenvalue weighted by Gasteiger charge is 2.26. The van der Waals surface area contributed by atoms with Crippen LogP contribution in [0.15, 0.2) is 48.7 Å². The van der Waals surface area contributed by atoms with Crippen LogP contribution < -0.4 is 0 Å². The van der Waals surface area contributed by atoms with Crippen molar-refractivity contribution in [2.75, 3.05) is 20.3 Å². The van der Waals surface area contributed by atoms with E-state index in [0.717, 1.165) is 12.0 Å². The summed E-state index contributed by atoms with van der Waals surface area (Å²) in [5.74, 6) is -0.111. The van der Waals surface area contributed by atoms with E-state index in [4.69, 9.17) is 4.74 Å². The number of hydrogen-bond donors (Lipinski definition) is 0. The van der Waals surface area contributed by atoms with E-state index in [1.807, 2.05) is 18.2 Å². The van der Waals surface area contributed by atoms with Gasteiger partial charge in [-0.2, -0.15) is 0 Å². The summed E-state index contributed by atoms with van der Waals surface area (Å²) in [7, 11) is 1.80. The molecular formula is C19H20N4O2. The molecule has 0 bridgehead atoms. The highest BCUT2D eigenvalue weighted by atomic mass is 16.5. The summed E-state index contributed by atoms with van der Waals surface area (Å²) in [5, 5.41) is 10.6. The first kappa shape index (κ1) is 15.8. The summed E-state index contributed by atoms with van der Waals surface area (Å²) in [4.78, 5) is 14.3. The zero-order valence-corrected chi connectivity index (χ0v) is 14.1. The van der Waals surface area contributed by atoms with Crippen LogP contribution in [0.5, 0.6) is 0 Å². The molecule has 3 aromatic rings. The normalized spacial score (nSPS) is 17.1. The van der Waals surface area contributed by atoms with Gasteiger partial charge in [-0.1, -0.05) is 47.7 Å². The van der Waals surface area contributed by atoms with Gasteiger partial charge in [-0.25, -0.2) is 4.68 Å². The molecule has 2 aromatic carbocycles. The van der Waals surface area contributed by atoms with Crippen molar-refractivity contribution in [2.24, 2.45) is 0 Å². The number of nitrogens with zero attached hydrogens (tertiary/aromatic N) is 4. The van der Waals surface area contributed by atoms with Crippen molar-refractivity contribution in [3.05, 3.63) is 59.9 Å². The second kappa shape index (κ2) is 6.64. The van der Waals surface area contributed by atoms with Crippen molar-refractivity contribution in [3.8, 4) is 0 Å². The lowest BCUT2D eigenvalue weighted by Crippen LogP contribution is -2.37. The predicted octanol–water partition coefficient (Wildman–Crippen LogP) is 2.34. The van der Waals surface area contributed by atoms with Crippen molar-refractivity contribution in [3.63, 3.8) is 0 Å². The number of benzene rings is 2. The van der Waals surface area contributed by atoms with Crippen LogP contribution in [0.3, 0.4) is 0 Å². The molecule has 0 N–H and O–H groups in total. The van der Waals surface area contributed by atoms with Crippen LogP contribution in [0.4, 0.5) is 0 Å². The number of fused-ring (bicyclic) bond motifs is 1. The Morgan fingerprint density at radius 3 is 2.96 bits per heavy atom. The van der Waals surface area contributed by atoms with Crippen LogP contribution in [0, 0.1) is 0 Å². The molecule has 1 amide bonds. The van der Waals surface area contributed by atoms with Crippen LogP contribution >= 0.6 is 0 Å². The molecule has 0 radical (unpaired) electrons. The largest absolute Gasteiger partial charge is 0.379 e. The van der Waals surface area contributed by atoms with E-state index < -0.39 is 0 Å². The van der Waals surface area contributed by atoms with E-state index in [1.54, 1.807) is 22.8 Å². The molecule has 6 heteroatoms. The van der Waals surface area contributed by atoms with Crippen molar-refractivity contribution >= 4 is 16.7 Å². The standard InChI is InChI=1S/C19H20N4O2/c1-22(16-9-10-25-13-16)19(24)18-12-23(21-20-18)11-15-7-4-6-14-5-2-3-8-17(14)15/h2-8,12,16H,9-11,13H2,1H3. The van der Waals surface area contributed by atoms with Gasteiger partial charge in [0.2, 0.25) is 0 Å². The van der Waals surface area contributed by atoms with E-state index in [9.17, 15) is 4.79 Å². The molecular weight excluding hydrogens is 316 g/mol. The fraction of sp³-hybridized carbons (Fsp3) is 0.316. The first-order valence-corrected chi connectivity index (χ1v) is 8.44. The van der Waals surface area contributed by atoms with E-state index >= 15 is 0 Å². The van der Waals surface area contributed by atoms with Gasteiger partial charge in [0, 0.05) is 13.7 Å². The maximum atomic E-state index is 12.6. The number of aromatic nitrogens is 3. The van der Waals surface area contributed by atoms with Crippen LogP contribution in [0.1, 0.15) is 22.5 Å². The molecule has 128 valence electrons. The van der Waals surface area contributed by atoms with Crippen molar-refractivity contribution in [2.45, 2.75) is 19.0 Å². The van der Waals surface area contributed by atoms with E-state index in [2.05, 4.69) is 34.6 Å². The van der Waals surface area contributed by atoms with Crippen molar-refractivity contribution in [1.29, 1.82) is 0 Å². The number of amides is 1. The molecule has 1 aromatic heterocycles. The molecule has 0 saturated carbocycles.